The van der Waals surface area contributed by atoms with Crippen LogP contribution in [0.2, 0.25) is 0 Å². The maximum atomic E-state index is 12.6. The van der Waals surface area contributed by atoms with Crippen LogP contribution in [0.1, 0.15) is 65.7 Å². The first-order chi connectivity index (χ1) is 11.8. The lowest BCUT2D eigenvalue weighted by Crippen LogP contribution is -2.51. The zero-order valence-electron chi connectivity index (χ0n) is 16.2. The first kappa shape index (κ1) is 20.0. The van der Waals surface area contributed by atoms with Crippen molar-refractivity contribution < 1.29 is 19.1 Å². The van der Waals surface area contributed by atoms with E-state index in [0.717, 1.165) is 32.2 Å². The first-order valence-corrected chi connectivity index (χ1v) is 9.61. The topological polar surface area (TPSA) is 67.9 Å². The summed E-state index contributed by atoms with van der Waals surface area (Å²) in [4.78, 5) is 25.9. The number of amides is 1. The van der Waals surface area contributed by atoms with E-state index in [1.165, 1.54) is 20.0 Å². The van der Waals surface area contributed by atoms with Gasteiger partial charge >= 0.3 is 12.1 Å². The minimum atomic E-state index is -0.463. The second kappa shape index (κ2) is 8.88. The summed E-state index contributed by atoms with van der Waals surface area (Å²) in [6.45, 7) is 7.15. The zero-order valence-corrected chi connectivity index (χ0v) is 16.2. The fraction of sp³-hybridized carbons (Fsp3) is 0.895. The fourth-order valence-corrected chi connectivity index (χ4v) is 4.12. The minimum absolute atomic E-state index is 0.184. The van der Waals surface area contributed by atoms with Crippen LogP contribution in [0.25, 0.3) is 0 Å². The van der Waals surface area contributed by atoms with Gasteiger partial charge in [0.15, 0.2) is 0 Å². The van der Waals surface area contributed by atoms with Gasteiger partial charge in [-0.25, -0.2) is 4.79 Å². The highest BCUT2D eigenvalue weighted by molar-refractivity contribution is 5.69. The summed E-state index contributed by atoms with van der Waals surface area (Å²) in [5, 5.41) is 3.54. The van der Waals surface area contributed by atoms with Crippen molar-refractivity contribution in [2.75, 3.05) is 20.2 Å². The number of carbonyl (C=O) groups is 2. The van der Waals surface area contributed by atoms with E-state index in [0.29, 0.717) is 24.9 Å². The van der Waals surface area contributed by atoms with Gasteiger partial charge in [0.2, 0.25) is 0 Å². The van der Waals surface area contributed by atoms with E-state index in [1.54, 1.807) is 0 Å². The van der Waals surface area contributed by atoms with Crippen molar-refractivity contribution in [1.82, 2.24) is 10.2 Å². The van der Waals surface area contributed by atoms with Crippen molar-refractivity contribution >= 4 is 12.1 Å². The molecule has 0 bridgehead atoms. The van der Waals surface area contributed by atoms with E-state index >= 15 is 0 Å². The molecule has 1 amide bonds. The number of rotatable bonds is 5. The predicted molar refractivity (Wildman–Crippen MR) is 96.3 cm³/mol. The monoisotopic (exact) mass is 354 g/mol. The molecule has 1 saturated carbocycles. The molecule has 3 unspecified atom stereocenters. The maximum absolute atomic E-state index is 12.6. The molecule has 1 aliphatic heterocycles. The molecule has 0 spiro atoms. The van der Waals surface area contributed by atoms with Gasteiger partial charge in [-0.3, -0.25) is 4.79 Å². The Morgan fingerprint density at radius 1 is 1.12 bits per heavy atom. The van der Waals surface area contributed by atoms with Crippen molar-refractivity contribution in [3.63, 3.8) is 0 Å². The molecule has 2 fully saturated rings. The Morgan fingerprint density at radius 3 is 2.52 bits per heavy atom. The van der Waals surface area contributed by atoms with Crippen LogP contribution in [-0.2, 0) is 14.3 Å². The molecule has 1 heterocycles. The third-order valence-electron chi connectivity index (χ3n) is 5.20. The van der Waals surface area contributed by atoms with Crippen LogP contribution >= 0.6 is 0 Å². The van der Waals surface area contributed by atoms with Crippen LogP contribution in [-0.4, -0.2) is 54.8 Å². The van der Waals surface area contributed by atoms with E-state index in [4.69, 9.17) is 9.47 Å². The summed E-state index contributed by atoms with van der Waals surface area (Å²) in [6, 6.07) is 0.595. The third-order valence-corrected chi connectivity index (χ3v) is 5.20. The highest BCUT2D eigenvalue weighted by Gasteiger charge is 2.40. The van der Waals surface area contributed by atoms with Crippen LogP contribution in [0, 0.1) is 5.92 Å². The number of nitrogens with one attached hydrogen (secondary N) is 1. The second-order valence-corrected chi connectivity index (χ2v) is 8.22. The molecule has 1 saturated heterocycles. The lowest BCUT2D eigenvalue weighted by molar-refractivity contribution is -0.140. The molecule has 0 aromatic rings. The van der Waals surface area contributed by atoms with E-state index in [2.05, 4.69) is 5.32 Å². The second-order valence-electron chi connectivity index (χ2n) is 8.22. The maximum Gasteiger partial charge on any atom is 0.410 e. The molecular weight excluding hydrogens is 320 g/mol. The molecule has 2 rings (SSSR count). The third kappa shape index (κ3) is 5.87. The Hall–Kier alpha value is -1.30. The summed E-state index contributed by atoms with van der Waals surface area (Å²) in [6.07, 6.45) is 6.91. The number of hydrogen-bond donors (Lipinski definition) is 1. The van der Waals surface area contributed by atoms with Gasteiger partial charge in [0.1, 0.15) is 5.60 Å². The average molecular weight is 354 g/mol. The van der Waals surface area contributed by atoms with Gasteiger partial charge in [-0.2, -0.15) is 0 Å². The standard InChI is InChI=1S/C19H34N2O4/c1-19(2,3)25-18(23)21-13-7-10-16(21)14-8-5-6-9-15(14)20-12-11-17(22)24-4/h14-16,20H,5-13H2,1-4H3. The molecule has 0 aromatic carbocycles. The molecule has 6 nitrogen and oxygen atoms in total. The van der Waals surface area contributed by atoms with Gasteiger partial charge in [0, 0.05) is 25.2 Å². The minimum Gasteiger partial charge on any atom is -0.469 e. The molecule has 6 heteroatoms. The SMILES string of the molecule is COC(=O)CCNC1CCCCC1C1CCCN1C(=O)OC(C)(C)C. The van der Waals surface area contributed by atoms with Crippen LogP contribution in [0.15, 0.2) is 0 Å². The summed E-state index contributed by atoms with van der Waals surface area (Å²) < 4.78 is 10.3. The number of nitrogens with zero attached hydrogens (tertiary/aromatic N) is 1. The fourth-order valence-electron chi connectivity index (χ4n) is 4.12. The normalized spacial score (nSPS) is 27.2. The van der Waals surface area contributed by atoms with Gasteiger partial charge < -0.3 is 19.7 Å². The molecule has 0 aromatic heterocycles. The highest BCUT2D eigenvalue weighted by atomic mass is 16.6. The van der Waals surface area contributed by atoms with Crippen LogP contribution < -0.4 is 5.32 Å². The Balaban J connectivity index is 1.97. The largest absolute Gasteiger partial charge is 0.469 e. The molecule has 144 valence electrons. The van der Waals surface area contributed by atoms with Gasteiger partial charge in [-0.05, 0) is 52.4 Å². The summed E-state index contributed by atoms with van der Waals surface area (Å²) in [5.41, 5.74) is -0.463. The number of esters is 1. The highest BCUT2D eigenvalue weighted by Crippen LogP contribution is 2.35. The van der Waals surface area contributed by atoms with Crippen LogP contribution in [0.3, 0.4) is 0 Å². The summed E-state index contributed by atoms with van der Waals surface area (Å²) >= 11 is 0. The van der Waals surface area contributed by atoms with Gasteiger partial charge in [0.25, 0.3) is 0 Å². The molecule has 1 aliphatic carbocycles. The average Bonchev–Trinajstić information content (AvgIpc) is 3.03. The summed E-state index contributed by atoms with van der Waals surface area (Å²) in [5.74, 6) is 0.248. The van der Waals surface area contributed by atoms with Crippen molar-refractivity contribution in [3.8, 4) is 0 Å². The quantitative estimate of drug-likeness (QED) is 0.769. The smallest absolute Gasteiger partial charge is 0.410 e. The van der Waals surface area contributed by atoms with E-state index in [1.807, 2.05) is 25.7 Å². The van der Waals surface area contributed by atoms with Crippen molar-refractivity contribution in [1.29, 1.82) is 0 Å². The predicted octanol–water partition coefficient (Wildman–Crippen LogP) is 3.10. The number of ether oxygens (including phenoxy) is 2. The van der Waals surface area contributed by atoms with Crippen molar-refractivity contribution in [2.45, 2.75) is 83.4 Å². The van der Waals surface area contributed by atoms with Gasteiger partial charge in [0.05, 0.1) is 13.5 Å². The zero-order chi connectivity index (χ0) is 18.4. The molecular formula is C19H34N2O4. The van der Waals surface area contributed by atoms with Crippen molar-refractivity contribution in [2.24, 2.45) is 5.92 Å². The Labute approximate surface area is 151 Å². The van der Waals surface area contributed by atoms with Gasteiger partial charge in [-0.1, -0.05) is 12.8 Å². The van der Waals surface area contributed by atoms with Crippen LogP contribution in [0.5, 0.6) is 0 Å². The Morgan fingerprint density at radius 2 is 1.84 bits per heavy atom. The van der Waals surface area contributed by atoms with Crippen LogP contribution in [0.4, 0.5) is 4.79 Å². The number of likely N-dealkylation sites (tertiary alicyclic amines) is 1. The Bertz CT molecular complexity index is 461. The lowest BCUT2D eigenvalue weighted by atomic mass is 9.79. The molecule has 3 atom stereocenters. The number of methoxy groups -OCH3 is 1. The Kier molecular flexibility index (Phi) is 7.11. The van der Waals surface area contributed by atoms with E-state index in [9.17, 15) is 9.59 Å². The first-order valence-electron chi connectivity index (χ1n) is 9.61. The number of carbonyl (C=O) groups excluding carboxylic acids is 2. The van der Waals surface area contributed by atoms with Gasteiger partial charge in [-0.15, -0.1) is 0 Å². The summed E-state index contributed by atoms with van der Waals surface area (Å²) in [7, 11) is 1.42. The van der Waals surface area contributed by atoms with Crippen molar-refractivity contribution in [3.05, 3.63) is 0 Å². The van der Waals surface area contributed by atoms with E-state index < -0.39 is 5.60 Å². The molecule has 25 heavy (non-hydrogen) atoms. The van der Waals surface area contributed by atoms with E-state index in [-0.39, 0.29) is 18.1 Å². The molecule has 0 radical (unpaired) electrons. The lowest BCUT2D eigenvalue weighted by Gasteiger charge is -2.40. The number of hydrogen-bond acceptors (Lipinski definition) is 5. The molecule has 2 aliphatic rings. The molecule has 1 N–H and O–H groups in total.